The van der Waals surface area contributed by atoms with Crippen LogP contribution in [0.4, 0.5) is 0 Å². The summed E-state index contributed by atoms with van der Waals surface area (Å²) < 4.78 is 11.0. The van der Waals surface area contributed by atoms with Gasteiger partial charge in [-0.15, -0.1) is 5.10 Å². The zero-order valence-corrected chi connectivity index (χ0v) is 15.4. The number of rotatable bonds is 6. The van der Waals surface area contributed by atoms with Crippen molar-refractivity contribution >= 4 is 16.7 Å². The number of hydrogen-bond donors (Lipinski definition) is 1. The molecule has 140 valence electrons. The average Bonchev–Trinajstić information content (AvgIpc) is 3.23. The third kappa shape index (κ3) is 3.57. The van der Waals surface area contributed by atoms with Gasteiger partial charge >= 0.3 is 5.97 Å². The Kier molecular flexibility index (Phi) is 5.01. The normalized spacial score (nSPS) is 10.8. The number of benzene rings is 3. The van der Waals surface area contributed by atoms with Crippen molar-refractivity contribution in [3.8, 4) is 17.0 Å². The molecule has 1 aromatic heterocycles. The van der Waals surface area contributed by atoms with Crippen LogP contribution < -0.4 is 4.74 Å². The molecule has 0 unspecified atom stereocenters. The highest BCUT2D eigenvalue weighted by Gasteiger charge is 2.19. The number of H-pyrrole nitrogens is 1. The fourth-order valence-electron chi connectivity index (χ4n) is 3.09. The van der Waals surface area contributed by atoms with E-state index in [1.165, 1.54) is 10.8 Å². The summed E-state index contributed by atoms with van der Waals surface area (Å²) in [5, 5.41) is 12.9. The van der Waals surface area contributed by atoms with Crippen molar-refractivity contribution in [2.24, 2.45) is 0 Å². The molecule has 4 rings (SSSR count). The molecule has 1 heterocycles. The van der Waals surface area contributed by atoms with Gasteiger partial charge in [0, 0.05) is 5.56 Å². The third-order valence-corrected chi connectivity index (χ3v) is 4.40. The van der Waals surface area contributed by atoms with Gasteiger partial charge < -0.3 is 9.47 Å². The zero-order chi connectivity index (χ0) is 19.3. The Bertz CT molecular complexity index is 1120. The van der Waals surface area contributed by atoms with Gasteiger partial charge in [-0.25, -0.2) is 4.79 Å². The van der Waals surface area contributed by atoms with E-state index in [-0.39, 0.29) is 12.3 Å². The van der Waals surface area contributed by atoms with Gasteiger partial charge in [-0.2, -0.15) is 10.3 Å². The van der Waals surface area contributed by atoms with Gasteiger partial charge in [-0.3, -0.25) is 0 Å². The number of aromatic amines is 1. The predicted octanol–water partition coefficient (Wildman–Crippen LogP) is 4.38. The lowest BCUT2D eigenvalue weighted by Gasteiger charge is -2.10. The number of ether oxygens (including phenoxy) is 2. The lowest BCUT2D eigenvalue weighted by atomic mass is 10.1. The number of carbonyl (C=O) groups excluding carboxylic acids is 1. The lowest BCUT2D eigenvalue weighted by Crippen LogP contribution is -2.06. The quantitative estimate of drug-likeness (QED) is 0.508. The van der Waals surface area contributed by atoms with Gasteiger partial charge in [0.15, 0.2) is 5.69 Å². The van der Waals surface area contributed by atoms with Crippen LogP contribution in [0, 0.1) is 0 Å². The Hall–Kier alpha value is -3.67. The molecule has 0 bridgehead atoms. The smallest absolute Gasteiger partial charge is 0.361 e. The van der Waals surface area contributed by atoms with Gasteiger partial charge in [-0.05, 0) is 35.4 Å². The van der Waals surface area contributed by atoms with Crippen molar-refractivity contribution in [2.45, 2.75) is 13.5 Å². The minimum absolute atomic E-state index is 0.160. The van der Waals surface area contributed by atoms with E-state index in [0.717, 1.165) is 11.1 Å². The van der Waals surface area contributed by atoms with E-state index in [4.69, 9.17) is 9.47 Å². The van der Waals surface area contributed by atoms with Crippen LogP contribution in [0.5, 0.6) is 5.75 Å². The Morgan fingerprint density at radius 1 is 1.00 bits per heavy atom. The first kappa shape index (κ1) is 17.7. The summed E-state index contributed by atoms with van der Waals surface area (Å²) in [5.41, 5.74) is 2.44. The standard InChI is InChI=1S/C22H19N3O3/c1-2-27-22(26)21-20(23-25-24-21)16-9-6-11-18(13-16)28-14-17-10-5-8-15-7-3-4-12-19(15)17/h3-13H,2,14H2,1H3,(H,23,24,25). The van der Waals surface area contributed by atoms with Crippen LogP contribution in [0.2, 0.25) is 0 Å². The number of nitrogens with one attached hydrogen (secondary N) is 1. The number of aromatic nitrogens is 3. The molecule has 0 aliphatic rings. The van der Waals surface area contributed by atoms with E-state index in [1.807, 2.05) is 42.5 Å². The molecule has 0 aliphatic heterocycles. The van der Waals surface area contributed by atoms with E-state index in [0.29, 0.717) is 18.1 Å². The van der Waals surface area contributed by atoms with E-state index >= 15 is 0 Å². The number of esters is 1. The first-order chi connectivity index (χ1) is 13.8. The molecule has 6 heteroatoms. The van der Waals surface area contributed by atoms with Gasteiger partial charge in [0.2, 0.25) is 0 Å². The molecule has 3 aromatic carbocycles. The maximum absolute atomic E-state index is 12.0. The van der Waals surface area contributed by atoms with Crippen LogP contribution >= 0.6 is 0 Å². The molecule has 0 saturated carbocycles. The molecule has 0 atom stereocenters. The monoisotopic (exact) mass is 373 g/mol. The second-order valence-electron chi connectivity index (χ2n) is 6.20. The molecule has 4 aromatic rings. The maximum Gasteiger partial charge on any atom is 0.361 e. The molecule has 0 radical (unpaired) electrons. The van der Waals surface area contributed by atoms with Crippen molar-refractivity contribution in [3.05, 3.63) is 78.0 Å². The third-order valence-electron chi connectivity index (χ3n) is 4.40. The number of carbonyl (C=O) groups is 1. The second-order valence-corrected chi connectivity index (χ2v) is 6.20. The Morgan fingerprint density at radius 3 is 2.71 bits per heavy atom. The fourth-order valence-corrected chi connectivity index (χ4v) is 3.09. The summed E-state index contributed by atoms with van der Waals surface area (Å²) in [4.78, 5) is 12.0. The molecular formula is C22H19N3O3. The molecule has 28 heavy (non-hydrogen) atoms. The van der Waals surface area contributed by atoms with Crippen LogP contribution in [0.25, 0.3) is 22.0 Å². The Balaban J connectivity index is 1.57. The van der Waals surface area contributed by atoms with E-state index < -0.39 is 5.97 Å². The Labute approximate surface area is 162 Å². The highest BCUT2D eigenvalue weighted by molar-refractivity contribution is 5.94. The summed E-state index contributed by atoms with van der Waals surface area (Å²) in [6.45, 7) is 2.47. The summed E-state index contributed by atoms with van der Waals surface area (Å²) in [5.74, 6) is 0.177. The van der Waals surface area contributed by atoms with Gasteiger partial charge in [0.25, 0.3) is 0 Å². The molecule has 0 amide bonds. The molecule has 0 fully saturated rings. The molecule has 6 nitrogen and oxygen atoms in total. The highest BCUT2D eigenvalue weighted by Crippen LogP contribution is 2.26. The molecule has 0 aliphatic carbocycles. The van der Waals surface area contributed by atoms with Gasteiger partial charge in [0.05, 0.1) is 6.61 Å². The van der Waals surface area contributed by atoms with E-state index in [2.05, 4.69) is 39.7 Å². The minimum Gasteiger partial charge on any atom is -0.489 e. The fraction of sp³-hybridized carbons (Fsp3) is 0.136. The summed E-state index contributed by atoms with van der Waals surface area (Å²) in [6, 6.07) is 21.8. The lowest BCUT2D eigenvalue weighted by molar-refractivity contribution is 0.0520. The summed E-state index contributed by atoms with van der Waals surface area (Å²) in [6.07, 6.45) is 0. The van der Waals surface area contributed by atoms with Crippen LogP contribution in [0.1, 0.15) is 23.0 Å². The number of nitrogens with zero attached hydrogens (tertiary/aromatic N) is 2. The molecule has 0 spiro atoms. The van der Waals surface area contributed by atoms with Gasteiger partial charge in [-0.1, -0.05) is 54.6 Å². The predicted molar refractivity (Wildman–Crippen MR) is 106 cm³/mol. The summed E-state index contributed by atoms with van der Waals surface area (Å²) in [7, 11) is 0. The topological polar surface area (TPSA) is 77.1 Å². The van der Waals surface area contributed by atoms with Crippen LogP contribution in [-0.4, -0.2) is 28.0 Å². The van der Waals surface area contributed by atoms with Crippen molar-refractivity contribution in [3.63, 3.8) is 0 Å². The average molecular weight is 373 g/mol. The summed E-state index contributed by atoms with van der Waals surface area (Å²) >= 11 is 0. The van der Waals surface area contributed by atoms with E-state index in [1.54, 1.807) is 6.92 Å². The first-order valence-corrected chi connectivity index (χ1v) is 9.04. The van der Waals surface area contributed by atoms with Crippen molar-refractivity contribution in [1.29, 1.82) is 0 Å². The Morgan fingerprint density at radius 2 is 1.82 bits per heavy atom. The number of hydrogen-bond acceptors (Lipinski definition) is 5. The zero-order valence-electron chi connectivity index (χ0n) is 15.4. The SMILES string of the molecule is CCOC(=O)c1n[nH]nc1-c1cccc(OCc2cccc3ccccc23)c1. The number of fused-ring (bicyclic) bond motifs is 1. The molecule has 1 N–H and O–H groups in total. The van der Waals surface area contributed by atoms with Crippen LogP contribution in [-0.2, 0) is 11.3 Å². The maximum atomic E-state index is 12.0. The van der Waals surface area contributed by atoms with Crippen molar-refractivity contribution < 1.29 is 14.3 Å². The highest BCUT2D eigenvalue weighted by atomic mass is 16.5. The van der Waals surface area contributed by atoms with Crippen LogP contribution in [0.3, 0.4) is 0 Å². The first-order valence-electron chi connectivity index (χ1n) is 9.04. The second kappa shape index (κ2) is 7.92. The van der Waals surface area contributed by atoms with Crippen molar-refractivity contribution in [2.75, 3.05) is 6.61 Å². The molecule has 0 saturated heterocycles. The van der Waals surface area contributed by atoms with Gasteiger partial charge in [0.1, 0.15) is 18.1 Å². The largest absolute Gasteiger partial charge is 0.489 e. The van der Waals surface area contributed by atoms with Crippen molar-refractivity contribution in [1.82, 2.24) is 15.4 Å². The molecular weight excluding hydrogens is 354 g/mol. The van der Waals surface area contributed by atoms with Crippen LogP contribution in [0.15, 0.2) is 66.7 Å². The van der Waals surface area contributed by atoms with E-state index in [9.17, 15) is 4.79 Å². The minimum atomic E-state index is -0.506.